The van der Waals surface area contributed by atoms with Crippen LogP contribution < -0.4 is 26.6 Å². The second kappa shape index (κ2) is 25.9. The third kappa shape index (κ3) is 15.5. The van der Waals surface area contributed by atoms with Crippen molar-refractivity contribution in [2.24, 2.45) is 22.5 Å². The van der Waals surface area contributed by atoms with E-state index in [1.807, 2.05) is 17.4 Å². The second-order valence-electron chi connectivity index (χ2n) is 20.7. The van der Waals surface area contributed by atoms with Crippen molar-refractivity contribution in [3.05, 3.63) is 113 Å². The van der Waals surface area contributed by atoms with E-state index in [0.717, 1.165) is 85.8 Å². The van der Waals surface area contributed by atoms with E-state index >= 15 is 4.39 Å². The molecule has 2 bridgehead atoms. The molecule has 2 unspecified atom stereocenters. The molecule has 6 N–H and O–H groups in total. The number of nitrogens with zero attached hydrogens (tertiary/aromatic N) is 4. The summed E-state index contributed by atoms with van der Waals surface area (Å²) in [5.74, 6) is 1.14. The fourth-order valence-electron chi connectivity index (χ4n) is 9.40. The number of hydrogen-bond donors (Lipinski definition) is 5. The standard InChI is InChI=1S/C46H50F5N7O5.C9H14F3NO3/c1-45(2,46(49,50)51)42(56-44(61)62-3)43(60)55-39(40(59)23-52-21-32-12-11-31(19-37(32)48)38-16-13-33(47)22-53-38)18-29-7-4-28(5-8-29)6-9-30-10-17-41(54-20-30)57-24-34-14-15-35(25-57)58(34)36-26-63-27-36;1-8(2,9(10,11)12)5(7(13)15)4-6(14)16-3/h4-5,7-8,10-13,16-17,19-20,22,34-36,39-40,42,52,59H,14-15,18,21,23-27H2,1-3H3,(H,55,60)(H,56,61);5H,4H2,1-3H3,(H2,13,15)/t34?,35?,39-,40-,42+;5-/m01/s1. The lowest BCUT2D eigenvalue weighted by Crippen LogP contribution is -2.62. The number of anilines is 1. The molecular formula is C55H64F8N8O8. The van der Waals surface area contributed by atoms with E-state index in [4.69, 9.17) is 15.5 Å². The topological polar surface area (TPSA) is 211 Å². The van der Waals surface area contributed by atoms with Crippen molar-refractivity contribution in [2.45, 2.75) is 109 Å². The number of nitrogens with one attached hydrogen (secondary N) is 3. The van der Waals surface area contributed by atoms with Crippen LogP contribution in [0.1, 0.15) is 69.2 Å². The van der Waals surface area contributed by atoms with Gasteiger partial charge in [-0.2, -0.15) is 26.3 Å². The number of pyridine rings is 2. The average Bonchev–Trinajstić information content (AvgIpc) is 3.75. The molecule has 7 rings (SSSR count). The van der Waals surface area contributed by atoms with Crippen molar-refractivity contribution < 1.29 is 73.6 Å². The number of esters is 1. The quantitative estimate of drug-likeness (QED) is 0.0405. The Bertz CT molecular complexity index is 2790. The minimum absolute atomic E-state index is 0.0385. The van der Waals surface area contributed by atoms with Crippen LogP contribution in [0, 0.1) is 40.2 Å². The normalized spacial score (nSPS) is 18.3. The number of carbonyl (C=O) groups excluding carboxylic acids is 4. The molecule has 3 fully saturated rings. The Morgan fingerprint density at radius 3 is 1.95 bits per heavy atom. The number of rotatable bonds is 18. The van der Waals surface area contributed by atoms with Crippen LogP contribution in [0.4, 0.5) is 45.7 Å². The average molecular weight is 1120 g/mol. The Morgan fingerprint density at radius 2 is 1.43 bits per heavy atom. The number of hydrogen-bond acceptors (Lipinski definition) is 13. The van der Waals surface area contributed by atoms with Crippen LogP contribution in [0.25, 0.3) is 11.3 Å². The summed E-state index contributed by atoms with van der Waals surface area (Å²) in [5.41, 5.74) is 2.78. The zero-order chi connectivity index (χ0) is 58.0. The highest BCUT2D eigenvalue weighted by Gasteiger charge is 2.57. The molecule has 3 saturated heterocycles. The molecule has 0 saturated carbocycles. The maximum absolute atomic E-state index is 15.1. The predicted octanol–water partition coefficient (Wildman–Crippen LogP) is 6.60. The molecular weight excluding hydrogens is 1050 g/mol. The van der Waals surface area contributed by atoms with Gasteiger partial charge in [0.05, 0.1) is 80.7 Å². The van der Waals surface area contributed by atoms with E-state index in [1.54, 1.807) is 36.5 Å². The smallest absolute Gasteiger partial charge is 0.407 e. The molecule has 3 aliphatic heterocycles. The van der Waals surface area contributed by atoms with Gasteiger partial charge in [-0.3, -0.25) is 24.3 Å². The number of amides is 3. The van der Waals surface area contributed by atoms with Gasteiger partial charge in [-0.25, -0.2) is 18.6 Å². The number of carbonyl (C=O) groups is 4. The number of fused-ring (bicyclic) bond motifs is 2. The maximum Gasteiger partial charge on any atom is 0.407 e. The van der Waals surface area contributed by atoms with Gasteiger partial charge in [0.2, 0.25) is 11.8 Å². The SMILES string of the molecule is COC(=O)C[C@H](C(N)=O)C(C)(C)C(F)(F)F.COC(=O)N[C@H](C(=O)N[C@@H](Cc1ccc(C#Cc2ccc(N3CC4CCC(C3)N4C3COC3)nc2)cc1)[C@@H](O)CNCc1ccc(-c2ccc(F)cn2)cc1F)C(C)(C)C(F)(F)F. The Kier molecular flexibility index (Phi) is 20.1. The summed E-state index contributed by atoms with van der Waals surface area (Å²) in [7, 11) is 1.99. The molecule has 5 heterocycles. The lowest BCUT2D eigenvalue weighted by Gasteiger charge is -2.47. The van der Waals surface area contributed by atoms with Crippen LogP contribution in [0.3, 0.4) is 0 Å². The molecule has 0 radical (unpaired) electrons. The van der Waals surface area contributed by atoms with Crippen LogP contribution in [0.15, 0.2) is 79.1 Å². The number of nitrogens with two attached hydrogens (primary N) is 1. The van der Waals surface area contributed by atoms with Crippen molar-refractivity contribution in [2.75, 3.05) is 52.0 Å². The fourth-order valence-corrected chi connectivity index (χ4v) is 9.40. The molecule has 2 aromatic carbocycles. The van der Waals surface area contributed by atoms with Gasteiger partial charge in [0, 0.05) is 66.7 Å². The lowest BCUT2D eigenvalue weighted by atomic mass is 9.76. The molecule has 6 atom stereocenters. The predicted molar refractivity (Wildman–Crippen MR) is 273 cm³/mol. The zero-order valence-electron chi connectivity index (χ0n) is 44.3. The van der Waals surface area contributed by atoms with Crippen molar-refractivity contribution in [1.82, 2.24) is 30.8 Å². The molecule has 16 nitrogen and oxygen atoms in total. The number of aromatic nitrogens is 2. The van der Waals surface area contributed by atoms with Gasteiger partial charge in [0.25, 0.3) is 0 Å². The first-order valence-corrected chi connectivity index (χ1v) is 25.2. The largest absolute Gasteiger partial charge is 0.469 e. The Balaban J connectivity index is 0.000000546. The van der Waals surface area contributed by atoms with E-state index in [1.165, 1.54) is 37.1 Å². The summed E-state index contributed by atoms with van der Waals surface area (Å²) in [5, 5.41) is 18.9. The van der Waals surface area contributed by atoms with Gasteiger partial charge < -0.3 is 45.9 Å². The lowest BCUT2D eigenvalue weighted by molar-refractivity contribution is -0.229. The fraction of sp³-hybridized carbons (Fsp3) is 0.491. The number of ether oxygens (including phenoxy) is 3. The van der Waals surface area contributed by atoms with Gasteiger partial charge in [-0.05, 0) is 81.1 Å². The monoisotopic (exact) mass is 1120 g/mol. The molecule has 3 amide bonds. The number of primary amides is 1. The molecule has 428 valence electrons. The molecule has 4 aromatic rings. The van der Waals surface area contributed by atoms with E-state index in [2.05, 4.69) is 46.7 Å². The number of alkyl carbamates (subject to hydrolysis) is 1. The van der Waals surface area contributed by atoms with E-state index in [0.29, 0.717) is 40.5 Å². The summed E-state index contributed by atoms with van der Waals surface area (Å²) in [4.78, 5) is 61.3. The molecule has 24 heteroatoms. The number of methoxy groups -OCH3 is 2. The summed E-state index contributed by atoms with van der Waals surface area (Å²) in [6.45, 7) is 6.41. The van der Waals surface area contributed by atoms with E-state index in [-0.39, 0.29) is 25.1 Å². The number of halogens is 8. The third-order valence-electron chi connectivity index (χ3n) is 14.7. The summed E-state index contributed by atoms with van der Waals surface area (Å²) >= 11 is 0. The Hall–Kier alpha value is -6.94. The zero-order valence-corrected chi connectivity index (χ0v) is 44.3. The molecule has 0 aliphatic carbocycles. The summed E-state index contributed by atoms with van der Waals surface area (Å²) < 4.78 is 123. The molecule has 2 aromatic heterocycles. The molecule has 79 heavy (non-hydrogen) atoms. The van der Waals surface area contributed by atoms with Crippen molar-refractivity contribution in [3.63, 3.8) is 0 Å². The number of piperazine rings is 1. The minimum atomic E-state index is -4.92. The van der Waals surface area contributed by atoms with Gasteiger partial charge in [0.15, 0.2) is 0 Å². The first-order valence-electron chi connectivity index (χ1n) is 25.2. The van der Waals surface area contributed by atoms with E-state index in [9.17, 15) is 55.0 Å². The number of benzene rings is 2. The van der Waals surface area contributed by atoms with Crippen LogP contribution >= 0.6 is 0 Å². The minimum Gasteiger partial charge on any atom is -0.469 e. The number of alkyl halides is 6. The van der Waals surface area contributed by atoms with Crippen LogP contribution in [-0.4, -0.2) is 140 Å². The number of aliphatic hydroxyl groups is 1. The molecule has 3 aliphatic rings. The maximum atomic E-state index is 15.1. The highest BCUT2D eigenvalue weighted by atomic mass is 19.4. The van der Waals surface area contributed by atoms with Gasteiger partial charge in [0.1, 0.15) is 23.5 Å². The van der Waals surface area contributed by atoms with Crippen molar-refractivity contribution >= 4 is 29.7 Å². The van der Waals surface area contributed by atoms with Gasteiger partial charge in [-0.1, -0.05) is 50.0 Å². The third-order valence-corrected chi connectivity index (χ3v) is 14.7. The highest BCUT2D eigenvalue weighted by Crippen LogP contribution is 2.45. The van der Waals surface area contributed by atoms with Crippen molar-refractivity contribution in [3.8, 4) is 23.1 Å². The van der Waals surface area contributed by atoms with E-state index < -0.39 is 89.2 Å². The van der Waals surface area contributed by atoms with Crippen LogP contribution in [0.2, 0.25) is 0 Å². The van der Waals surface area contributed by atoms with Gasteiger partial charge in [-0.15, -0.1) is 0 Å². The Labute approximate surface area is 452 Å². The van der Waals surface area contributed by atoms with Crippen molar-refractivity contribution in [1.29, 1.82) is 0 Å². The molecule has 0 spiro atoms. The summed E-state index contributed by atoms with van der Waals surface area (Å²) in [6.07, 6.45) is -7.78. The van der Waals surface area contributed by atoms with Crippen LogP contribution in [0.5, 0.6) is 0 Å². The highest BCUT2D eigenvalue weighted by molar-refractivity contribution is 5.87. The second-order valence-corrected chi connectivity index (χ2v) is 20.7. The first kappa shape index (κ1) is 61.3. The number of aliphatic hydroxyl groups excluding tert-OH is 1. The Morgan fingerprint density at radius 1 is 0.797 bits per heavy atom. The van der Waals surface area contributed by atoms with Crippen LogP contribution in [-0.2, 0) is 41.6 Å². The summed E-state index contributed by atoms with van der Waals surface area (Å²) in [6, 6.07) is 16.1. The first-order chi connectivity index (χ1) is 37.1. The van der Waals surface area contributed by atoms with Gasteiger partial charge >= 0.3 is 24.4 Å².